The van der Waals surface area contributed by atoms with E-state index in [1.165, 1.54) is 0 Å². The lowest BCUT2D eigenvalue weighted by atomic mass is 9.88. The zero-order valence-electron chi connectivity index (χ0n) is 10.8. The van der Waals surface area contributed by atoms with Crippen molar-refractivity contribution in [2.45, 2.75) is 12.1 Å². The van der Waals surface area contributed by atoms with Crippen molar-refractivity contribution in [2.75, 3.05) is 4.90 Å². The molecule has 3 nitrogen and oxygen atoms in total. The number of halogens is 3. The molecule has 6 heteroatoms. The van der Waals surface area contributed by atoms with Crippen LogP contribution in [-0.4, -0.2) is 11.9 Å². The Kier molecular flexibility index (Phi) is 3.84. The molecule has 0 aromatic heterocycles. The summed E-state index contributed by atoms with van der Waals surface area (Å²) in [4.78, 5) is 13.7. The molecule has 0 radical (unpaired) electrons. The third-order valence-electron chi connectivity index (χ3n) is 3.51. The Morgan fingerprint density at radius 1 is 1.00 bits per heavy atom. The van der Waals surface area contributed by atoms with Crippen molar-refractivity contribution in [1.82, 2.24) is 0 Å². The van der Waals surface area contributed by atoms with E-state index in [-0.39, 0.29) is 11.9 Å². The predicted octanol–water partition coefficient (Wildman–Crippen LogP) is 4.06. The maximum atomic E-state index is 12.1. The van der Waals surface area contributed by atoms with Gasteiger partial charge in [-0.2, -0.15) is 0 Å². The Labute approximate surface area is 137 Å². The molecule has 108 valence electrons. The first kappa shape index (κ1) is 14.7. The maximum absolute atomic E-state index is 12.1. The van der Waals surface area contributed by atoms with Gasteiger partial charge >= 0.3 is 0 Å². The number of benzene rings is 2. The minimum atomic E-state index is -0.585. The molecule has 1 amide bonds. The number of amides is 1. The highest BCUT2D eigenvalue weighted by atomic mass is 35.5. The molecular weight excluding hydrogens is 331 g/mol. The molecule has 3 rings (SSSR count). The van der Waals surface area contributed by atoms with Crippen LogP contribution in [-0.2, 0) is 4.79 Å². The van der Waals surface area contributed by atoms with Crippen LogP contribution in [0.5, 0.6) is 0 Å². The second kappa shape index (κ2) is 5.50. The first-order valence-electron chi connectivity index (χ1n) is 6.28. The van der Waals surface area contributed by atoms with E-state index in [1.54, 1.807) is 29.2 Å². The summed E-state index contributed by atoms with van der Waals surface area (Å²) >= 11 is 17.9. The molecule has 21 heavy (non-hydrogen) atoms. The van der Waals surface area contributed by atoms with Gasteiger partial charge in [-0.3, -0.25) is 4.79 Å². The third-order valence-corrected chi connectivity index (χ3v) is 4.49. The first-order valence-corrected chi connectivity index (χ1v) is 7.41. The molecular formula is C15H11Cl3N2O. The fourth-order valence-electron chi connectivity index (χ4n) is 2.48. The van der Waals surface area contributed by atoms with Gasteiger partial charge in [0.1, 0.15) is 6.04 Å². The van der Waals surface area contributed by atoms with Gasteiger partial charge in [0, 0.05) is 10.7 Å². The van der Waals surface area contributed by atoms with Crippen LogP contribution < -0.4 is 10.6 Å². The minimum Gasteiger partial charge on any atom is -0.318 e. The summed E-state index contributed by atoms with van der Waals surface area (Å²) in [5.41, 5.74) is 7.51. The van der Waals surface area contributed by atoms with Gasteiger partial charge < -0.3 is 10.6 Å². The van der Waals surface area contributed by atoms with Gasteiger partial charge in [0.15, 0.2) is 0 Å². The summed E-state index contributed by atoms with van der Waals surface area (Å²) in [6, 6.07) is 11.5. The highest BCUT2D eigenvalue weighted by Gasteiger charge is 2.46. The summed E-state index contributed by atoms with van der Waals surface area (Å²) < 4.78 is 0. The first-order chi connectivity index (χ1) is 9.99. The number of anilines is 1. The largest absolute Gasteiger partial charge is 0.318 e. The number of hydrogen-bond acceptors (Lipinski definition) is 2. The summed E-state index contributed by atoms with van der Waals surface area (Å²) in [6.45, 7) is 0. The van der Waals surface area contributed by atoms with Crippen LogP contribution in [0, 0.1) is 0 Å². The minimum absolute atomic E-state index is 0.154. The number of rotatable bonds is 2. The summed E-state index contributed by atoms with van der Waals surface area (Å²) in [6.07, 6.45) is 0. The van der Waals surface area contributed by atoms with Crippen LogP contribution in [0.2, 0.25) is 15.1 Å². The normalized spacial score (nSPS) is 21.3. The summed E-state index contributed by atoms with van der Waals surface area (Å²) in [5, 5.41) is 1.44. The van der Waals surface area contributed by atoms with Crippen molar-refractivity contribution in [3.63, 3.8) is 0 Å². The molecule has 1 fully saturated rings. The second-order valence-electron chi connectivity index (χ2n) is 4.83. The SMILES string of the molecule is N[C@H]1C(=O)N(c2ccc(Cl)c(Cl)c2)[C@@H]1c1cccc(Cl)c1. The lowest BCUT2D eigenvalue weighted by Crippen LogP contribution is -2.63. The van der Waals surface area contributed by atoms with E-state index in [1.807, 2.05) is 18.2 Å². The highest BCUT2D eigenvalue weighted by molar-refractivity contribution is 6.42. The van der Waals surface area contributed by atoms with Gasteiger partial charge in [0.2, 0.25) is 5.91 Å². The van der Waals surface area contributed by atoms with Crippen molar-refractivity contribution < 1.29 is 4.79 Å². The fraction of sp³-hybridized carbons (Fsp3) is 0.133. The van der Waals surface area contributed by atoms with E-state index in [2.05, 4.69) is 0 Å². The molecule has 1 aliphatic heterocycles. The van der Waals surface area contributed by atoms with Crippen molar-refractivity contribution >= 4 is 46.4 Å². The maximum Gasteiger partial charge on any atom is 0.247 e. The molecule has 0 aliphatic carbocycles. The van der Waals surface area contributed by atoms with Crippen LogP contribution in [0.15, 0.2) is 42.5 Å². The predicted molar refractivity (Wildman–Crippen MR) is 86.1 cm³/mol. The molecule has 2 atom stereocenters. The third kappa shape index (κ3) is 2.51. The molecule has 0 unspecified atom stereocenters. The topological polar surface area (TPSA) is 46.3 Å². The summed E-state index contributed by atoms with van der Waals surface area (Å²) in [5.74, 6) is -0.154. The Morgan fingerprint density at radius 3 is 2.43 bits per heavy atom. The van der Waals surface area contributed by atoms with Crippen LogP contribution in [0.4, 0.5) is 5.69 Å². The molecule has 2 aromatic carbocycles. The Morgan fingerprint density at radius 2 is 1.76 bits per heavy atom. The highest BCUT2D eigenvalue weighted by Crippen LogP contribution is 2.40. The molecule has 1 heterocycles. The zero-order chi connectivity index (χ0) is 15.1. The van der Waals surface area contributed by atoms with E-state index in [0.29, 0.717) is 20.8 Å². The van der Waals surface area contributed by atoms with Crippen molar-refractivity contribution in [3.05, 3.63) is 63.1 Å². The van der Waals surface area contributed by atoms with Gasteiger partial charge in [0.05, 0.1) is 16.1 Å². The van der Waals surface area contributed by atoms with Gasteiger partial charge in [-0.1, -0.05) is 46.9 Å². The van der Waals surface area contributed by atoms with Crippen molar-refractivity contribution in [3.8, 4) is 0 Å². The molecule has 1 saturated heterocycles. The molecule has 2 aromatic rings. The molecule has 0 bridgehead atoms. The molecule has 2 N–H and O–H groups in total. The Balaban J connectivity index is 2.00. The number of hydrogen-bond donors (Lipinski definition) is 1. The number of nitrogens with zero attached hydrogens (tertiary/aromatic N) is 1. The fourth-order valence-corrected chi connectivity index (χ4v) is 2.97. The van der Waals surface area contributed by atoms with Crippen LogP contribution >= 0.6 is 34.8 Å². The molecule has 1 aliphatic rings. The average Bonchev–Trinajstić information content (AvgIpc) is 2.46. The van der Waals surface area contributed by atoms with Crippen molar-refractivity contribution in [2.24, 2.45) is 5.73 Å². The van der Waals surface area contributed by atoms with E-state index in [4.69, 9.17) is 40.5 Å². The van der Waals surface area contributed by atoms with Gasteiger partial charge in [0.25, 0.3) is 0 Å². The van der Waals surface area contributed by atoms with Crippen molar-refractivity contribution in [1.29, 1.82) is 0 Å². The second-order valence-corrected chi connectivity index (χ2v) is 6.08. The molecule has 0 saturated carbocycles. The molecule has 0 spiro atoms. The lowest BCUT2D eigenvalue weighted by molar-refractivity contribution is -0.126. The smallest absolute Gasteiger partial charge is 0.247 e. The van der Waals surface area contributed by atoms with Gasteiger partial charge in [-0.25, -0.2) is 0 Å². The van der Waals surface area contributed by atoms with E-state index in [9.17, 15) is 4.79 Å². The Bertz CT molecular complexity index is 720. The number of carbonyl (C=O) groups excluding carboxylic acids is 1. The quantitative estimate of drug-likeness (QED) is 0.837. The Hall–Kier alpha value is -1.26. The number of nitrogens with two attached hydrogens (primary N) is 1. The van der Waals surface area contributed by atoms with Crippen LogP contribution in [0.25, 0.3) is 0 Å². The van der Waals surface area contributed by atoms with Crippen LogP contribution in [0.1, 0.15) is 11.6 Å². The van der Waals surface area contributed by atoms with Gasteiger partial charge in [-0.15, -0.1) is 0 Å². The zero-order valence-corrected chi connectivity index (χ0v) is 13.0. The number of carbonyl (C=O) groups is 1. The van der Waals surface area contributed by atoms with Crippen LogP contribution in [0.3, 0.4) is 0 Å². The van der Waals surface area contributed by atoms with E-state index in [0.717, 1.165) is 5.56 Å². The number of β-lactam (4-membered cyclic amide) rings is 1. The summed E-state index contributed by atoms with van der Waals surface area (Å²) in [7, 11) is 0. The standard InChI is InChI=1S/C15H11Cl3N2O/c16-9-3-1-2-8(6-9)14-13(19)15(21)20(14)10-4-5-11(17)12(18)7-10/h1-7,13-14H,19H2/t13-,14-/m1/s1. The van der Waals surface area contributed by atoms with Gasteiger partial charge in [-0.05, 0) is 35.9 Å². The van der Waals surface area contributed by atoms with E-state index < -0.39 is 6.04 Å². The monoisotopic (exact) mass is 340 g/mol. The lowest BCUT2D eigenvalue weighted by Gasteiger charge is -2.45. The average molecular weight is 342 g/mol. The van der Waals surface area contributed by atoms with E-state index >= 15 is 0 Å².